The second kappa shape index (κ2) is 8.13. The molecule has 0 aliphatic carbocycles. The predicted octanol–water partition coefficient (Wildman–Crippen LogP) is 3.91. The maximum Gasteiger partial charge on any atom is 0.230 e. The van der Waals surface area contributed by atoms with Crippen molar-refractivity contribution in [3.63, 3.8) is 0 Å². The third-order valence-electron chi connectivity index (χ3n) is 5.77. The van der Waals surface area contributed by atoms with Gasteiger partial charge in [-0.1, -0.05) is 48.5 Å². The van der Waals surface area contributed by atoms with E-state index in [1.165, 1.54) is 6.07 Å². The molecule has 2 aromatic carbocycles. The van der Waals surface area contributed by atoms with Gasteiger partial charge < -0.3 is 5.73 Å². The number of piperidine rings is 1. The van der Waals surface area contributed by atoms with Gasteiger partial charge in [-0.2, -0.15) is 0 Å². The fraction of sp³-hybridized carbons (Fsp3) is 0.250. The molecule has 1 aliphatic rings. The number of nitrogens with zero attached hydrogens (tertiary/aromatic N) is 2. The SMILES string of the molecule is NC(=O)C1(c2ccccn2)CCCN(Cc2ccccc2-c2ccccc2F)C1. The highest BCUT2D eigenvalue weighted by atomic mass is 19.1. The minimum absolute atomic E-state index is 0.237. The summed E-state index contributed by atoms with van der Waals surface area (Å²) in [4.78, 5) is 19.2. The number of rotatable bonds is 5. The summed E-state index contributed by atoms with van der Waals surface area (Å²) < 4.78 is 14.4. The molecule has 3 aromatic rings. The Bertz CT molecular complexity index is 1010. The van der Waals surface area contributed by atoms with Gasteiger partial charge in [0.2, 0.25) is 5.91 Å². The van der Waals surface area contributed by atoms with Gasteiger partial charge in [0.15, 0.2) is 0 Å². The number of amides is 1. The van der Waals surface area contributed by atoms with Crippen molar-refractivity contribution in [2.45, 2.75) is 24.8 Å². The van der Waals surface area contributed by atoms with Crippen LogP contribution < -0.4 is 5.73 Å². The van der Waals surface area contributed by atoms with Crippen molar-refractivity contribution in [1.29, 1.82) is 0 Å². The van der Waals surface area contributed by atoms with Gasteiger partial charge in [0, 0.05) is 24.8 Å². The minimum atomic E-state index is -0.799. The first-order valence-corrected chi connectivity index (χ1v) is 9.87. The average Bonchev–Trinajstić information content (AvgIpc) is 2.75. The maximum atomic E-state index is 14.4. The van der Waals surface area contributed by atoms with E-state index in [-0.39, 0.29) is 11.7 Å². The smallest absolute Gasteiger partial charge is 0.230 e. The molecule has 4 nitrogen and oxygen atoms in total. The first-order chi connectivity index (χ1) is 14.1. The summed E-state index contributed by atoms with van der Waals surface area (Å²) in [5.74, 6) is -0.582. The van der Waals surface area contributed by atoms with Crippen molar-refractivity contribution in [1.82, 2.24) is 9.88 Å². The van der Waals surface area contributed by atoms with Gasteiger partial charge >= 0.3 is 0 Å². The van der Waals surface area contributed by atoms with E-state index in [1.807, 2.05) is 48.5 Å². The lowest BCUT2D eigenvalue weighted by atomic mass is 9.76. The van der Waals surface area contributed by atoms with Crippen molar-refractivity contribution in [3.8, 4) is 11.1 Å². The molecule has 2 N–H and O–H groups in total. The second-order valence-electron chi connectivity index (χ2n) is 7.61. The number of primary amides is 1. The molecular weight excluding hydrogens is 365 g/mol. The summed E-state index contributed by atoms with van der Waals surface area (Å²) in [6.07, 6.45) is 3.23. The van der Waals surface area contributed by atoms with Crippen molar-refractivity contribution >= 4 is 5.91 Å². The van der Waals surface area contributed by atoms with Crippen LogP contribution in [0.25, 0.3) is 11.1 Å². The molecule has 1 unspecified atom stereocenters. The summed E-state index contributed by atoms with van der Waals surface area (Å²) in [5.41, 5.74) is 8.29. The van der Waals surface area contributed by atoms with Gasteiger partial charge in [-0.15, -0.1) is 0 Å². The molecule has 0 spiro atoms. The second-order valence-corrected chi connectivity index (χ2v) is 7.61. The summed E-state index contributed by atoms with van der Waals surface area (Å²) in [6, 6.07) is 20.3. The van der Waals surface area contributed by atoms with Gasteiger partial charge in [0.05, 0.1) is 5.69 Å². The van der Waals surface area contributed by atoms with Gasteiger partial charge in [0.1, 0.15) is 11.2 Å². The number of carbonyl (C=O) groups excluding carboxylic acids is 1. The van der Waals surface area contributed by atoms with Gasteiger partial charge in [0.25, 0.3) is 0 Å². The average molecular weight is 389 g/mol. The summed E-state index contributed by atoms with van der Waals surface area (Å²) in [5, 5.41) is 0. The minimum Gasteiger partial charge on any atom is -0.369 e. The van der Waals surface area contributed by atoms with Gasteiger partial charge in [-0.05, 0) is 48.7 Å². The first-order valence-electron chi connectivity index (χ1n) is 9.87. The number of pyridine rings is 1. The van der Waals surface area contributed by atoms with Crippen LogP contribution in [0.5, 0.6) is 0 Å². The summed E-state index contributed by atoms with van der Waals surface area (Å²) in [7, 11) is 0. The van der Waals surface area contributed by atoms with Crippen LogP contribution in [0.3, 0.4) is 0 Å². The number of carbonyl (C=O) groups is 1. The zero-order valence-electron chi connectivity index (χ0n) is 16.2. The monoisotopic (exact) mass is 389 g/mol. The Morgan fingerprint density at radius 1 is 1.03 bits per heavy atom. The zero-order chi connectivity index (χ0) is 20.3. The largest absolute Gasteiger partial charge is 0.369 e. The molecule has 1 aliphatic heterocycles. The van der Waals surface area contributed by atoms with Crippen LogP contribution in [0.2, 0.25) is 0 Å². The highest BCUT2D eigenvalue weighted by Crippen LogP contribution is 2.34. The van der Waals surface area contributed by atoms with Crippen molar-refractivity contribution in [3.05, 3.63) is 90.0 Å². The standard InChI is InChI=1S/C24H24FN3O/c25-21-11-4-3-10-20(21)19-9-2-1-8-18(19)16-28-15-7-13-24(17-28,23(26)29)22-12-5-6-14-27-22/h1-6,8-12,14H,7,13,15-17H2,(H2,26,29). The normalized spacial score (nSPS) is 19.8. The number of aromatic nitrogens is 1. The first kappa shape index (κ1) is 19.3. The lowest BCUT2D eigenvalue weighted by Crippen LogP contribution is -2.53. The third kappa shape index (κ3) is 3.78. The van der Waals surface area contributed by atoms with Crippen LogP contribution >= 0.6 is 0 Å². The number of hydrogen-bond donors (Lipinski definition) is 1. The Kier molecular flexibility index (Phi) is 5.41. The molecule has 0 saturated carbocycles. The number of halogens is 1. The summed E-state index contributed by atoms with van der Waals surface area (Å²) in [6.45, 7) is 1.98. The van der Waals surface area contributed by atoms with Crippen LogP contribution in [0.4, 0.5) is 4.39 Å². The quantitative estimate of drug-likeness (QED) is 0.720. The Morgan fingerprint density at radius 3 is 2.48 bits per heavy atom. The highest BCUT2D eigenvalue weighted by molar-refractivity contribution is 5.86. The van der Waals surface area contributed by atoms with E-state index in [9.17, 15) is 9.18 Å². The molecular formula is C24H24FN3O. The fourth-order valence-electron chi connectivity index (χ4n) is 4.30. The van der Waals surface area contributed by atoms with E-state index in [1.54, 1.807) is 18.3 Å². The van der Waals surface area contributed by atoms with Crippen molar-refractivity contribution in [2.75, 3.05) is 13.1 Å². The molecule has 2 heterocycles. The van der Waals surface area contributed by atoms with Crippen LogP contribution in [-0.2, 0) is 16.8 Å². The highest BCUT2D eigenvalue weighted by Gasteiger charge is 2.43. The number of likely N-dealkylation sites (tertiary alicyclic amines) is 1. The zero-order valence-corrected chi connectivity index (χ0v) is 16.2. The van der Waals surface area contributed by atoms with Crippen molar-refractivity contribution < 1.29 is 9.18 Å². The molecule has 1 amide bonds. The lowest BCUT2D eigenvalue weighted by Gasteiger charge is -2.40. The van der Waals surface area contributed by atoms with Gasteiger partial charge in [-0.25, -0.2) is 4.39 Å². The van der Waals surface area contributed by atoms with Crippen LogP contribution in [-0.4, -0.2) is 28.9 Å². The molecule has 29 heavy (non-hydrogen) atoms. The van der Waals surface area contributed by atoms with Crippen LogP contribution in [0.15, 0.2) is 72.9 Å². The Morgan fingerprint density at radius 2 is 1.76 bits per heavy atom. The molecule has 1 fully saturated rings. The van der Waals surface area contributed by atoms with Crippen molar-refractivity contribution in [2.24, 2.45) is 5.73 Å². The van der Waals surface area contributed by atoms with Crippen LogP contribution in [0, 0.1) is 5.82 Å². The molecule has 1 saturated heterocycles. The molecule has 1 aromatic heterocycles. The molecule has 5 heteroatoms. The Balaban J connectivity index is 1.64. The topological polar surface area (TPSA) is 59.2 Å². The number of hydrogen-bond acceptors (Lipinski definition) is 3. The number of nitrogens with two attached hydrogens (primary N) is 1. The van der Waals surface area contributed by atoms with E-state index in [4.69, 9.17) is 5.73 Å². The molecule has 4 rings (SSSR count). The van der Waals surface area contributed by atoms with E-state index < -0.39 is 5.41 Å². The van der Waals surface area contributed by atoms with E-state index in [2.05, 4.69) is 9.88 Å². The maximum absolute atomic E-state index is 14.4. The van der Waals surface area contributed by atoms with E-state index in [0.29, 0.717) is 25.1 Å². The van der Waals surface area contributed by atoms with E-state index in [0.717, 1.165) is 29.8 Å². The molecule has 1 atom stereocenters. The Labute approximate surface area is 170 Å². The van der Waals surface area contributed by atoms with Gasteiger partial charge in [-0.3, -0.25) is 14.7 Å². The van der Waals surface area contributed by atoms with Crippen LogP contribution in [0.1, 0.15) is 24.1 Å². The summed E-state index contributed by atoms with van der Waals surface area (Å²) >= 11 is 0. The fourth-order valence-corrected chi connectivity index (χ4v) is 4.30. The number of benzene rings is 2. The molecule has 148 valence electrons. The lowest BCUT2D eigenvalue weighted by molar-refractivity contribution is -0.126. The molecule has 0 radical (unpaired) electrons. The third-order valence-corrected chi connectivity index (χ3v) is 5.77. The van der Waals surface area contributed by atoms with E-state index >= 15 is 0 Å². The predicted molar refractivity (Wildman–Crippen MR) is 111 cm³/mol. The molecule has 0 bridgehead atoms. The Hall–Kier alpha value is -3.05.